The fourth-order valence-electron chi connectivity index (χ4n) is 2.32. The maximum Gasteiger partial charge on any atom is 0.234 e. The molecule has 0 aliphatic carbocycles. The first-order valence-corrected chi connectivity index (χ1v) is 8.81. The standard InChI is InChI=1S/C18H16ClN3OS/c1-11-7-8-13(19)9-16(11)22-17(23)10-24-18-14-5-3-4-6-15(14)20-12(2)21-18/h3-9H,10H2,1-2H3,(H,22,23). The van der Waals surface area contributed by atoms with E-state index in [2.05, 4.69) is 15.3 Å². The summed E-state index contributed by atoms with van der Waals surface area (Å²) >= 11 is 7.39. The van der Waals surface area contributed by atoms with E-state index < -0.39 is 0 Å². The Labute approximate surface area is 149 Å². The number of thioether (sulfide) groups is 1. The summed E-state index contributed by atoms with van der Waals surface area (Å²) in [7, 11) is 0. The summed E-state index contributed by atoms with van der Waals surface area (Å²) in [4.78, 5) is 21.1. The number of halogens is 1. The fourth-order valence-corrected chi connectivity index (χ4v) is 3.35. The van der Waals surface area contributed by atoms with Gasteiger partial charge in [0, 0.05) is 16.1 Å². The molecule has 1 aromatic heterocycles. The molecule has 3 rings (SSSR count). The van der Waals surface area contributed by atoms with E-state index in [0.717, 1.165) is 27.2 Å². The zero-order chi connectivity index (χ0) is 17.1. The van der Waals surface area contributed by atoms with Gasteiger partial charge in [-0.2, -0.15) is 0 Å². The summed E-state index contributed by atoms with van der Waals surface area (Å²) in [6.45, 7) is 3.78. The Kier molecular flexibility index (Phi) is 5.02. The van der Waals surface area contributed by atoms with Crippen LogP contribution in [-0.4, -0.2) is 21.6 Å². The number of carbonyl (C=O) groups excluding carboxylic acids is 1. The Morgan fingerprint density at radius 3 is 2.79 bits per heavy atom. The number of nitrogens with zero attached hydrogens (tertiary/aromatic N) is 2. The van der Waals surface area contributed by atoms with Gasteiger partial charge in [0.2, 0.25) is 5.91 Å². The first-order valence-electron chi connectivity index (χ1n) is 7.45. The average Bonchev–Trinajstić information content (AvgIpc) is 2.56. The number of aromatic nitrogens is 2. The number of carbonyl (C=O) groups is 1. The minimum absolute atomic E-state index is 0.0919. The van der Waals surface area contributed by atoms with E-state index in [1.54, 1.807) is 12.1 Å². The third kappa shape index (κ3) is 3.86. The summed E-state index contributed by atoms with van der Waals surface area (Å²) < 4.78 is 0. The number of hydrogen-bond donors (Lipinski definition) is 1. The second-order valence-corrected chi connectivity index (χ2v) is 6.79. The van der Waals surface area contributed by atoms with Crippen molar-refractivity contribution >= 4 is 45.9 Å². The number of amides is 1. The highest BCUT2D eigenvalue weighted by Crippen LogP contribution is 2.26. The number of benzene rings is 2. The third-order valence-corrected chi connectivity index (χ3v) is 4.72. The highest BCUT2D eigenvalue weighted by atomic mass is 35.5. The highest BCUT2D eigenvalue weighted by Gasteiger charge is 2.10. The molecule has 0 fully saturated rings. The molecule has 1 amide bonds. The number of hydrogen-bond acceptors (Lipinski definition) is 4. The van der Waals surface area contributed by atoms with Gasteiger partial charge in [-0.25, -0.2) is 9.97 Å². The monoisotopic (exact) mass is 357 g/mol. The molecule has 0 radical (unpaired) electrons. The summed E-state index contributed by atoms with van der Waals surface area (Å²) in [6, 6.07) is 13.2. The minimum atomic E-state index is -0.0919. The van der Waals surface area contributed by atoms with Gasteiger partial charge in [0.15, 0.2) is 0 Å². The molecular weight excluding hydrogens is 342 g/mol. The normalized spacial score (nSPS) is 10.8. The largest absolute Gasteiger partial charge is 0.325 e. The van der Waals surface area contributed by atoms with Crippen LogP contribution >= 0.6 is 23.4 Å². The van der Waals surface area contributed by atoms with Crippen LogP contribution in [0.5, 0.6) is 0 Å². The first kappa shape index (κ1) is 16.7. The van der Waals surface area contributed by atoms with Gasteiger partial charge in [0.1, 0.15) is 10.9 Å². The van der Waals surface area contributed by atoms with E-state index >= 15 is 0 Å². The molecule has 0 bridgehead atoms. The number of fused-ring (bicyclic) bond motifs is 1. The summed E-state index contributed by atoms with van der Waals surface area (Å²) in [5, 5.41) is 5.27. The SMILES string of the molecule is Cc1nc(SCC(=O)Nc2cc(Cl)ccc2C)c2ccccc2n1. The van der Waals surface area contributed by atoms with Crippen molar-refractivity contribution in [2.24, 2.45) is 0 Å². The van der Waals surface area contributed by atoms with Gasteiger partial charge < -0.3 is 5.32 Å². The molecule has 0 saturated heterocycles. The lowest BCUT2D eigenvalue weighted by atomic mass is 10.2. The van der Waals surface area contributed by atoms with Crippen molar-refractivity contribution in [3.8, 4) is 0 Å². The zero-order valence-electron chi connectivity index (χ0n) is 13.3. The molecule has 0 saturated carbocycles. The van der Waals surface area contributed by atoms with Crippen molar-refractivity contribution in [3.63, 3.8) is 0 Å². The molecule has 1 N–H and O–H groups in total. The van der Waals surface area contributed by atoms with Gasteiger partial charge in [0.25, 0.3) is 0 Å². The molecule has 0 unspecified atom stereocenters. The molecule has 1 heterocycles. The molecule has 0 atom stereocenters. The van der Waals surface area contributed by atoms with Crippen molar-refractivity contribution in [1.82, 2.24) is 9.97 Å². The molecule has 0 aliphatic heterocycles. The summed E-state index contributed by atoms with van der Waals surface area (Å²) in [5.74, 6) is 0.875. The Hall–Kier alpha value is -2.11. The molecule has 24 heavy (non-hydrogen) atoms. The van der Waals surface area contributed by atoms with Gasteiger partial charge in [-0.05, 0) is 37.6 Å². The van der Waals surface area contributed by atoms with Crippen LogP contribution in [0, 0.1) is 13.8 Å². The van der Waals surface area contributed by atoms with Crippen molar-refractivity contribution in [1.29, 1.82) is 0 Å². The lowest BCUT2D eigenvalue weighted by molar-refractivity contribution is -0.113. The number of nitrogens with one attached hydrogen (secondary N) is 1. The zero-order valence-corrected chi connectivity index (χ0v) is 14.9. The van der Waals surface area contributed by atoms with Gasteiger partial charge in [-0.3, -0.25) is 4.79 Å². The lowest BCUT2D eigenvalue weighted by Crippen LogP contribution is -2.15. The summed E-state index contributed by atoms with van der Waals surface area (Å²) in [6.07, 6.45) is 0. The van der Waals surface area contributed by atoms with E-state index in [1.807, 2.05) is 44.2 Å². The molecule has 2 aromatic carbocycles. The predicted octanol–water partition coefficient (Wildman–Crippen LogP) is 4.63. The molecule has 4 nitrogen and oxygen atoms in total. The molecule has 0 aliphatic rings. The van der Waals surface area contributed by atoms with Crippen LogP contribution in [0.25, 0.3) is 10.9 Å². The number of anilines is 1. The third-order valence-electron chi connectivity index (χ3n) is 3.49. The van der Waals surface area contributed by atoms with Crippen molar-refractivity contribution in [3.05, 3.63) is 58.9 Å². The van der Waals surface area contributed by atoms with Crippen molar-refractivity contribution < 1.29 is 4.79 Å². The topological polar surface area (TPSA) is 54.9 Å². The van der Waals surface area contributed by atoms with Crippen LogP contribution in [0.3, 0.4) is 0 Å². The van der Waals surface area contributed by atoms with E-state index in [-0.39, 0.29) is 11.7 Å². The number of aryl methyl sites for hydroxylation is 2. The molecule has 3 aromatic rings. The Morgan fingerprint density at radius 1 is 1.17 bits per heavy atom. The van der Waals surface area contributed by atoms with Crippen molar-refractivity contribution in [2.75, 3.05) is 11.1 Å². The van der Waals surface area contributed by atoms with E-state index in [1.165, 1.54) is 11.8 Å². The quantitative estimate of drug-likeness (QED) is 0.546. The number of rotatable bonds is 4. The lowest BCUT2D eigenvalue weighted by Gasteiger charge is -2.09. The molecule has 6 heteroatoms. The highest BCUT2D eigenvalue weighted by molar-refractivity contribution is 8.00. The molecular formula is C18H16ClN3OS. The second kappa shape index (κ2) is 7.20. The first-order chi connectivity index (χ1) is 11.5. The van der Waals surface area contributed by atoms with E-state index in [0.29, 0.717) is 10.8 Å². The molecule has 122 valence electrons. The Morgan fingerprint density at radius 2 is 1.96 bits per heavy atom. The minimum Gasteiger partial charge on any atom is -0.325 e. The van der Waals surface area contributed by atoms with Gasteiger partial charge >= 0.3 is 0 Å². The summed E-state index contributed by atoms with van der Waals surface area (Å²) in [5.41, 5.74) is 2.59. The van der Waals surface area contributed by atoms with Crippen LogP contribution in [0.1, 0.15) is 11.4 Å². The van der Waals surface area contributed by atoms with Gasteiger partial charge in [-0.1, -0.05) is 47.6 Å². The van der Waals surface area contributed by atoms with Gasteiger partial charge in [0.05, 0.1) is 11.3 Å². The fraction of sp³-hybridized carbons (Fsp3) is 0.167. The van der Waals surface area contributed by atoms with Crippen LogP contribution in [0.4, 0.5) is 5.69 Å². The van der Waals surface area contributed by atoms with E-state index in [4.69, 9.17) is 11.6 Å². The van der Waals surface area contributed by atoms with Crippen molar-refractivity contribution in [2.45, 2.75) is 18.9 Å². The van der Waals surface area contributed by atoms with Crippen LogP contribution in [0.2, 0.25) is 5.02 Å². The maximum absolute atomic E-state index is 12.3. The van der Waals surface area contributed by atoms with Gasteiger partial charge in [-0.15, -0.1) is 0 Å². The Balaban J connectivity index is 1.74. The predicted molar refractivity (Wildman–Crippen MR) is 99.8 cm³/mol. The van der Waals surface area contributed by atoms with Crippen LogP contribution in [-0.2, 0) is 4.79 Å². The Bertz CT molecular complexity index is 914. The van der Waals surface area contributed by atoms with Crippen LogP contribution < -0.4 is 5.32 Å². The average molecular weight is 358 g/mol. The smallest absolute Gasteiger partial charge is 0.234 e. The maximum atomic E-state index is 12.3. The van der Waals surface area contributed by atoms with Crippen LogP contribution in [0.15, 0.2) is 47.5 Å². The number of para-hydroxylation sites is 1. The second-order valence-electron chi connectivity index (χ2n) is 5.39. The molecule has 0 spiro atoms. The van der Waals surface area contributed by atoms with E-state index in [9.17, 15) is 4.79 Å².